The highest BCUT2D eigenvalue weighted by atomic mass is 32.2. The van der Waals surface area contributed by atoms with Crippen LogP contribution in [-0.2, 0) is 14.4 Å². The highest BCUT2D eigenvalue weighted by Crippen LogP contribution is 2.43. The smallest absolute Gasteiger partial charge is 0.337 e. The lowest BCUT2D eigenvalue weighted by Gasteiger charge is -2.56. The molecule has 10 nitrogen and oxygen atoms in total. The van der Waals surface area contributed by atoms with E-state index in [1.54, 1.807) is 36.4 Å². The Hall–Kier alpha value is -3.51. The fraction of sp³-hybridized carbons (Fsp3) is 0.261. The quantitative estimate of drug-likeness (QED) is 0.390. The largest absolute Gasteiger partial charge is 0.479 e. The van der Waals surface area contributed by atoms with Crippen molar-refractivity contribution in [3.05, 3.63) is 60.2 Å². The number of rotatable bonds is 6. The first-order chi connectivity index (χ1) is 16.6. The first kappa shape index (κ1) is 24.6. The molecule has 2 heterocycles. The number of β-lactam (4-membered cyclic amide) rings is 1. The van der Waals surface area contributed by atoms with Gasteiger partial charge >= 0.3 is 11.9 Å². The Balaban J connectivity index is 1.55. The number of carbonyl (C=O) groups excluding carboxylic acids is 3. The molecule has 2 aliphatic rings. The molecule has 0 saturated carbocycles. The number of nitrogens with zero attached hydrogens (tertiary/aromatic N) is 2. The molecule has 0 radical (unpaired) electrons. The van der Waals surface area contributed by atoms with Crippen molar-refractivity contribution in [2.45, 2.75) is 28.8 Å². The lowest BCUT2D eigenvalue weighted by Crippen LogP contribution is -2.78. The van der Waals surface area contributed by atoms with Crippen LogP contribution in [0.25, 0.3) is 0 Å². The summed E-state index contributed by atoms with van der Waals surface area (Å²) in [6.45, 7) is 0.966. The molecular weight excluding hydrogens is 494 g/mol. The zero-order valence-corrected chi connectivity index (χ0v) is 20.0. The van der Waals surface area contributed by atoms with E-state index in [1.165, 1.54) is 30.0 Å². The summed E-state index contributed by atoms with van der Waals surface area (Å²) in [6.07, 6.45) is 0. The molecule has 2 unspecified atom stereocenters. The topological polar surface area (TPSA) is 144 Å². The van der Waals surface area contributed by atoms with E-state index in [2.05, 4.69) is 5.32 Å². The van der Waals surface area contributed by atoms with Crippen molar-refractivity contribution in [1.82, 2.24) is 10.2 Å². The molecule has 0 aromatic heterocycles. The van der Waals surface area contributed by atoms with Gasteiger partial charge in [-0.15, -0.1) is 11.8 Å². The monoisotopic (exact) mass is 515 g/mol. The number of aliphatic carboxylic acids is 1. The number of thioether (sulfide) groups is 2. The molecule has 0 spiro atoms. The molecule has 182 valence electrons. The molecule has 2 aromatic rings. The summed E-state index contributed by atoms with van der Waals surface area (Å²) >= 11 is 1.97. The zero-order valence-electron chi connectivity index (χ0n) is 18.4. The Morgan fingerprint density at radius 3 is 2.37 bits per heavy atom. The molecule has 4 rings (SSSR count). The van der Waals surface area contributed by atoms with E-state index in [1.807, 2.05) is 0 Å². The van der Waals surface area contributed by atoms with Crippen molar-refractivity contribution < 1.29 is 34.2 Å². The number of aromatic carboxylic acids is 1. The summed E-state index contributed by atoms with van der Waals surface area (Å²) < 4.78 is 0. The Morgan fingerprint density at radius 1 is 1.09 bits per heavy atom. The highest BCUT2D eigenvalue weighted by Gasteiger charge is 2.60. The van der Waals surface area contributed by atoms with Gasteiger partial charge in [0.2, 0.25) is 11.8 Å². The van der Waals surface area contributed by atoms with Crippen LogP contribution in [0, 0.1) is 0 Å². The van der Waals surface area contributed by atoms with Crippen LogP contribution in [0.2, 0.25) is 0 Å². The molecule has 2 fully saturated rings. The average molecular weight is 516 g/mol. The van der Waals surface area contributed by atoms with Crippen LogP contribution in [-0.4, -0.2) is 73.4 Å². The van der Waals surface area contributed by atoms with E-state index in [4.69, 9.17) is 0 Å². The molecule has 12 heteroatoms. The van der Waals surface area contributed by atoms with Crippen LogP contribution in [0.1, 0.15) is 17.3 Å². The van der Waals surface area contributed by atoms with Crippen molar-refractivity contribution in [3.8, 4) is 0 Å². The van der Waals surface area contributed by atoms with E-state index >= 15 is 0 Å². The second-order valence-electron chi connectivity index (χ2n) is 8.04. The fourth-order valence-electron chi connectivity index (χ4n) is 4.11. The van der Waals surface area contributed by atoms with Gasteiger partial charge in [0.25, 0.3) is 5.24 Å². The van der Waals surface area contributed by atoms with E-state index in [0.717, 1.165) is 28.4 Å². The van der Waals surface area contributed by atoms with Gasteiger partial charge in [-0.2, -0.15) is 0 Å². The summed E-state index contributed by atoms with van der Waals surface area (Å²) in [5, 5.41) is 20.9. The predicted octanol–water partition coefficient (Wildman–Crippen LogP) is 2.35. The molecule has 0 aliphatic carbocycles. The van der Waals surface area contributed by atoms with Gasteiger partial charge in [-0.05, 0) is 36.0 Å². The summed E-state index contributed by atoms with van der Waals surface area (Å²) in [6, 6.07) is 13.7. The minimum atomic E-state index is -1.71. The molecule has 2 saturated heterocycles. The summed E-state index contributed by atoms with van der Waals surface area (Å²) in [5.41, 5.74) is -1.74. The number of fused-ring (bicyclic) bond motifs is 1. The third kappa shape index (κ3) is 4.58. The lowest BCUT2D eigenvalue weighted by molar-refractivity contribution is -0.153. The van der Waals surface area contributed by atoms with Crippen molar-refractivity contribution in [3.63, 3.8) is 0 Å². The van der Waals surface area contributed by atoms with Crippen LogP contribution in [0.15, 0.2) is 59.5 Å². The molecule has 3 atom stereocenters. The molecule has 2 aliphatic heterocycles. The molecule has 0 bridgehead atoms. The second kappa shape index (κ2) is 9.62. The van der Waals surface area contributed by atoms with Gasteiger partial charge in [0.05, 0.1) is 17.8 Å². The SMILES string of the molecule is CC(=O)N(c1ccccc1C(=O)O)C1C(=O)N2CC(NC(=O)Sc3ccccc3)(C(=O)O)CS[C@H]12. The van der Waals surface area contributed by atoms with Crippen LogP contribution >= 0.6 is 23.5 Å². The van der Waals surface area contributed by atoms with Crippen LogP contribution < -0.4 is 10.2 Å². The number of para-hydroxylation sites is 1. The van der Waals surface area contributed by atoms with E-state index in [0.29, 0.717) is 4.90 Å². The number of anilines is 1. The van der Waals surface area contributed by atoms with Gasteiger partial charge in [0.1, 0.15) is 11.4 Å². The van der Waals surface area contributed by atoms with E-state index in [9.17, 15) is 34.2 Å². The van der Waals surface area contributed by atoms with Gasteiger partial charge in [0.15, 0.2) is 5.54 Å². The predicted molar refractivity (Wildman–Crippen MR) is 130 cm³/mol. The minimum absolute atomic E-state index is 0.0410. The van der Waals surface area contributed by atoms with Crippen molar-refractivity contribution >= 4 is 58.2 Å². The number of hydrogen-bond donors (Lipinski definition) is 3. The maximum Gasteiger partial charge on any atom is 0.337 e. The van der Waals surface area contributed by atoms with Crippen molar-refractivity contribution in [1.29, 1.82) is 0 Å². The highest BCUT2D eigenvalue weighted by molar-refractivity contribution is 8.13. The summed E-state index contributed by atoms with van der Waals surface area (Å²) in [5.74, 6) is -3.59. The summed E-state index contributed by atoms with van der Waals surface area (Å²) in [7, 11) is 0. The van der Waals surface area contributed by atoms with Gasteiger partial charge in [-0.3, -0.25) is 19.3 Å². The van der Waals surface area contributed by atoms with Crippen LogP contribution in [0.3, 0.4) is 0 Å². The molecule has 35 heavy (non-hydrogen) atoms. The molecule has 3 N–H and O–H groups in total. The third-order valence-corrected chi connectivity index (χ3v) is 8.08. The van der Waals surface area contributed by atoms with E-state index < -0.39 is 45.9 Å². The minimum Gasteiger partial charge on any atom is -0.479 e. The number of carboxylic acids is 2. The molecular formula is C23H21N3O7S2. The zero-order chi connectivity index (χ0) is 25.3. The van der Waals surface area contributed by atoms with Crippen LogP contribution in [0.4, 0.5) is 10.5 Å². The Kier molecular flexibility index (Phi) is 6.77. The van der Waals surface area contributed by atoms with E-state index in [-0.39, 0.29) is 23.5 Å². The first-order valence-electron chi connectivity index (χ1n) is 10.5. The van der Waals surface area contributed by atoms with Gasteiger partial charge in [-0.25, -0.2) is 9.59 Å². The van der Waals surface area contributed by atoms with Crippen molar-refractivity contribution in [2.24, 2.45) is 0 Å². The Morgan fingerprint density at radius 2 is 1.74 bits per heavy atom. The van der Waals surface area contributed by atoms with Crippen LogP contribution in [0.5, 0.6) is 0 Å². The average Bonchev–Trinajstić information content (AvgIpc) is 2.82. The maximum absolute atomic E-state index is 13.1. The first-order valence-corrected chi connectivity index (χ1v) is 12.3. The number of carbonyl (C=O) groups is 5. The van der Waals surface area contributed by atoms with Gasteiger partial charge < -0.3 is 20.4 Å². The van der Waals surface area contributed by atoms with Gasteiger partial charge in [0, 0.05) is 17.6 Å². The Bertz CT molecular complexity index is 1210. The Labute approximate surface area is 208 Å². The number of amides is 3. The number of nitrogens with one attached hydrogen (secondary N) is 1. The summed E-state index contributed by atoms with van der Waals surface area (Å²) in [4.78, 5) is 65.3. The number of carboxylic acid groups (broad SMARTS) is 2. The molecule has 2 aromatic carbocycles. The second-order valence-corrected chi connectivity index (χ2v) is 10.2. The maximum atomic E-state index is 13.1. The standard InChI is InChI=1S/C23H21N3O7S2/c1-13(27)26(16-10-6-5-9-15(16)20(29)30)17-18(28)25-11-23(21(31)32,12-34-19(17)25)24-22(33)35-14-7-3-2-4-8-14/h2-10,17,19H,11-12H2,1H3,(H,24,33)(H,29,30)(H,31,32)/t17?,19-,23?/m1/s1. The molecule has 3 amide bonds. The lowest BCUT2D eigenvalue weighted by atomic mass is 9.95. The number of benzene rings is 2. The normalized spacial score (nSPS) is 23.0. The van der Waals surface area contributed by atoms with Gasteiger partial charge in [-0.1, -0.05) is 30.3 Å². The fourth-order valence-corrected chi connectivity index (χ4v) is 6.39. The number of hydrogen-bond acceptors (Lipinski definition) is 7. The third-order valence-electron chi connectivity index (χ3n) is 5.77. The van der Waals surface area contributed by atoms with Crippen molar-refractivity contribution in [2.75, 3.05) is 17.2 Å².